The molecule has 0 saturated carbocycles. The quantitative estimate of drug-likeness (QED) is 0.763. The lowest BCUT2D eigenvalue weighted by molar-refractivity contribution is -0.120. The Morgan fingerprint density at radius 2 is 2.31 bits per heavy atom. The summed E-state index contributed by atoms with van der Waals surface area (Å²) in [6.45, 7) is 0.378. The average molecular weight is 224 g/mol. The minimum absolute atomic E-state index is 0.236. The fourth-order valence-corrected chi connectivity index (χ4v) is 1.88. The van der Waals surface area contributed by atoms with Gasteiger partial charge in [-0.25, -0.2) is 4.39 Å². The highest BCUT2D eigenvalue weighted by molar-refractivity contribution is 5.85. The van der Waals surface area contributed by atoms with Crippen LogP contribution in [-0.4, -0.2) is 25.6 Å². The number of ether oxygens (including phenoxy) is 1. The monoisotopic (exact) mass is 224 g/mol. The first-order valence-electron chi connectivity index (χ1n) is 5.00. The first kappa shape index (κ1) is 10.9. The van der Waals surface area contributed by atoms with Crippen LogP contribution in [0.15, 0.2) is 18.2 Å². The number of halogens is 1. The molecule has 16 heavy (non-hydrogen) atoms. The van der Waals surface area contributed by atoms with E-state index in [4.69, 9.17) is 10.5 Å². The Bertz CT molecular complexity index is 422. The number of rotatable bonds is 2. The molecule has 4 nitrogen and oxygen atoms in total. The lowest BCUT2D eigenvalue weighted by Gasteiger charge is -2.14. The molecular weight excluding hydrogens is 211 g/mol. The third-order valence-corrected chi connectivity index (χ3v) is 2.84. The zero-order valence-corrected chi connectivity index (χ0v) is 8.87. The number of methoxy groups -OCH3 is 1. The predicted octanol–water partition coefficient (Wildman–Crippen LogP) is 0.375. The van der Waals surface area contributed by atoms with Gasteiger partial charge >= 0.3 is 0 Å². The summed E-state index contributed by atoms with van der Waals surface area (Å²) in [4.78, 5) is 11.2. The largest absolute Gasteiger partial charge is 0.497 e. The Hall–Kier alpha value is -1.62. The molecule has 0 aromatic heterocycles. The Morgan fingerprint density at radius 3 is 2.81 bits per heavy atom. The van der Waals surface area contributed by atoms with Crippen LogP contribution in [0.2, 0.25) is 0 Å². The molecule has 1 saturated heterocycles. The molecule has 0 bridgehead atoms. The second-order valence-electron chi connectivity index (χ2n) is 3.76. The van der Waals surface area contributed by atoms with Crippen LogP contribution in [0, 0.1) is 5.82 Å². The van der Waals surface area contributed by atoms with E-state index in [1.807, 2.05) is 0 Å². The lowest BCUT2D eigenvalue weighted by Crippen LogP contribution is -2.33. The van der Waals surface area contributed by atoms with Gasteiger partial charge in [-0.2, -0.15) is 0 Å². The highest BCUT2D eigenvalue weighted by Gasteiger charge is 2.34. The van der Waals surface area contributed by atoms with Crippen LogP contribution in [0.4, 0.5) is 4.39 Å². The van der Waals surface area contributed by atoms with Crippen molar-refractivity contribution in [1.82, 2.24) is 5.32 Å². The van der Waals surface area contributed by atoms with Crippen molar-refractivity contribution in [3.8, 4) is 5.75 Å². The van der Waals surface area contributed by atoms with Crippen molar-refractivity contribution in [2.24, 2.45) is 5.73 Å². The van der Waals surface area contributed by atoms with Gasteiger partial charge in [0.25, 0.3) is 0 Å². The third kappa shape index (κ3) is 1.74. The van der Waals surface area contributed by atoms with Crippen molar-refractivity contribution in [3.05, 3.63) is 29.6 Å². The van der Waals surface area contributed by atoms with Gasteiger partial charge < -0.3 is 15.8 Å². The van der Waals surface area contributed by atoms with Gasteiger partial charge in [0, 0.05) is 18.5 Å². The normalized spacial score (nSPS) is 24.3. The summed E-state index contributed by atoms with van der Waals surface area (Å²) in [5, 5.41) is 2.61. The summed E-state index contributed by atoms with van der Waals surface area (Å²) in [6.07, 6.45) is 0. The average Bonchev–Trinajstić information content (AvgIpc) is 2.60. The molecule has 1 aromatic rings. The smallest absolute Gasteiger partial charge is 0.237 e. The van der Waals surface area contributed by atoms with E-state index in [2.05, 4.69) is 5.32 Å². The maximum absolute atomic E-state index is 13.7. The van der Waals surface area contributed by atoms with E-state index in [0.29, 0.717) is 17.9 Å². The number of nitrogens with two attached hydrogens (primary N) is 1. The van der Waals surface area contributed by atoms with Gasteiger partial charge in [-0.05, 0) is 11.6 Å². The van der Waals surface area contributed by atoms with E-state index in [9.17, 15) is 9.18 Å². The standard InChI is InChI=1S/C11H13FN2O2/c1-16-6-2-3-7(9(12)4-6)8-5-14-11(15)10(8)13/h2-4,8,10H,5,13H2,1H3,(H,14,15)/t8-,10-/m0/s1. The van der Waals surface area contributed by atoms with Crippen LogP contribution < -0.4 is 15.8 Å². The molecule has 5 heteroatoms. The van der Waals surface area contributed by atoms with Gasteiger partial charge in [-0.1, -0.05) is 6.07 Å². The summed E-state index contributed by atoms with van der Waals surface area (Å²) in [6, 6.07) is 3.89. The predicted molar refractivity (Wildman–Crippen MR) is 56.7 cm³/mol. The Labute approximate surface area is 92.6 Å². The lowest BCUT2D eigenvalue weighted by atomic mass is 9.94. The maximum atomic E-state index is 13.7. The molecule has 86 valence electrons. The summed E-state index contributed by atoms with van der Waals surface area (Å²) in [5.74, 6) is -0.484. The van der Waals surface area contributed by atoms with Crippen LogP contribution in [0.1, 0.15) is 11.5 Å². The van der Waals surface area contributed by atoms with Crippen LogP contribution >= 0.6 is 0 Å². The van der Waals surface area contributed by atoms with Crippen LogP contribution in [0.3, 0.4) is 0 Å². The first-order valence-corrected chi connectivity index (χ1v) is 5.00. The van der Waals surface area contributed by atoms with Crippen molar-refractivity contribution < 1.29 is 13.9 Å². The second-order valence-corrected chi connectivity index (χ2v) is 3.76. The topological polar surface area (TPSA) is 64.3 Å². The number of carbonyl (C=O) groups is 1. The molecular formula is C11H13FN2O2. The maximum Gasteiger partial charge on any atom is 0.237 e. The summed E-state index contributed by atoms with van der Waals surface area (Å²) in [7, 11) is 1.47. The van der Waals surface area contributed by atoms with Crippen molar-refractivity contribution >= 4 is 5.91 Å². The fraction of sp³-hybridized carbons (Fsp3) is 0.364. The molecule has 3 N–H and O–H groups in total. The van der Waals surface area contributed by atoms with Crippen LogP contribution in [-0.2, 0) is 4.79 Å². The minimum Gasteiger partial charge on any atom is -0.497 e. The number of hydrogen-bond donors (Lipinski definition) is 2. The molecule has 1 amide bonds. The molecule has 1 aliphatic heterocycles. The minimum atomic E-state index is -0.678. The molecule has 2 rings (SSSR count). The molecule has 1 aliphatic rings. The molecule has 0 radical (unpaired) electrons. The Morgan fingerprint density at radius 1 is 1.56 bits per heavy atom. The molecule has 1 heterocycles. The summed E-state index contributed by atoms with van der Waals surface area (Å²) in [5.41, 5.74) is 6.13. The van der Waals surface area contributed by atoms with E-state index in [-0.39, 0.29) is 11.8 Å². The van der Waals surface area contributed by atoms with Crippen molar-refractivity contribution in [2.75, 3.05) is 13.7 Å². The fourth-order valence-electron chi connectivity index (χ4n) is 1.88. The number of hydrogen-bond acceptors (Lipinski definition) is 3. The van der Waals surface area contributed by atoms with Crippen LogP contribution in [0.5, 0.6) is 5.75 Å². The third-order valence-electron chi connectivity index (χ3n) is 2.84. The number of benzene rings is 1. The molecule has 0 aliphatic carbocycles. The SMILES string of the molecule is COc1ccc([C@@H]2CNC(=O)[C@H]2N)c(F)c1. The van der Waals surface area contributed by atoms with Crippen molar-refractivity contribution in [1.29, 1.82) is 0 Å². The number of amides is 1. The van der Waals surface area contributed by atoms with Gasteiger partial charge in [-0.3, -0.25) is 4.79 Å². The van der Waals surface area contributed by atoms with Crippen LogP contribution in [0.25, 0.3) is 0 Å². The van der Waals surface area contributed by atoms with Crippen molar-refractivity contribution in [2.45, 2.75) is 12.0 Å². The molecule has 2 atom stereocenters. The second kappa shape index (κ2) is 4.09. The van der Waals surface area contributed by atoms with E-state index in [1.54, 1.807) is 12.1 Å². The highest BCUT2D eigenvalue weighted by Crippen LogP contribution is 2.27. The van der Waals surface area contributed by atoms with Gasteiger partial charge in [-0.15, -0.1) is 0 Å². The number of carbonyl (C=O) groups excluding carboxylic acids is 1. The van der Waals surface area contributed by atoms with E-state index >= 15 is 0 Å². The van der Waals surface area contributed by atoms with E-state index < -0.39 is 11.9 Å². The van der Waals surface area contributed by atoms with Gasteiger partial charge in [0.2, 0.25) is 5.91 Å². The van der Waals surface area contributed by atoms with Gasteiger partial charge in [0.1, 0.15) is 11.6 Å². The Kier molecular flexibility index (Phi) is 2.78. The summed E-state index contributed by atoms with van der Waals surface area (Å²) >= 11 is 0. The molecule has 0 unspecified atom stereocenters. The number of nitrogens with one attached hydrogen (secondary N) is 1. The highest BCUT2D eigenvalue weighted by atomic mass is 19.1. The summed E-state index contributed by atoms with van der Waals surface area (Å²) < 4.78 is 18.6. The zero-order valence-electron chi connectivity index (χ0n) is 8.87. The van der Waals surface area contributed by atoms with Crippen molar-refractivity contribution in [3.63, 3.8) is 0 Å². The Balaban J connectivity index is 2.31. The van der Waals surface area contributed by atoms with Gasteiger partial charge in [0.15, 0.2) is 0 Å². The zero-order chi connectivity index (χ0) is 11.7. The van der Waals surface area contributed by atoms with E-state index in [1.165, 1.54) is 13.2 Å². The van der Waals surface area contributed by atoms with Gasteiger partial charge in [0.05, 0.1) is 13.2 Å². The van der Waals surface area contributed by atoms with E-state index in [0.717, 1.165) is 0 Å². The molecule has 0 spiro atoms. The molecule has 1 fully saturated rings. The molecule has 1 aromatic carbocycles. The first-order chi connectivity index (χ1) is 7.63.